The van der Waals surface area contributed by atoms with Crippen LogP contribution in [-0.2, 0) is 17.6 Å². The second-order valence-corrected chi connectivity index (χ2v) is 9.47. The first-order valence-electron chi connectivity index (χ1n) is 12.8. The summed E-state index contributed by atoms with van der Waals surface area (Å²) in [7, 11) is 0. The molecule has 1 amide bonds. The molecule has 3 N–H and O–H groups in total. The van der Waals surface area contributed by atoms with Crippen molar-refractivity contribution in [3.63, 3.8) is 0 Å². The van der Waals surface area contributed by atoms with Crippen molar-refractivity contribution in [1.29, 1.82) is 0 Å². The molecular formula is C28H30N8O2. The fraction of sp³-hybridized carbons (Fsp3) is 0.321. The van der Waals surface area contributed by atoms with Crippen molar-refractivity contribution < 1.29 is 9.90 Å². The Morgan fingerprint density at radius 1 is 0.763 bits per heavy atom. The minimum atomic E-state index is -0.790. The van der Waals surface area contributed by atoms with E-state index in [0.717, 1.165) is 42.8 Å². The molecule has 0 spiro atoms. The molecule has 38 heavy (non-hydrogen) atoms. The van der Waals surface area contributed by atoms with Gasteiger partial charge in [-0.05, 0) is 74.2 Å². The highest BCUT2D eigenvalue weighted by atomic mass is 16.3. The number of anilines is 2. The summed E-state index contributed by atoms with van der Waals surface area (Å²) in [6.45, 7) is 0. The average molecular weight is 511 g/mol. The largest absolute Gasteiger partial charge is 0.373 e. The lowest BCUT2D eigenvalue weighted by molar-refractivity contribution is -0.115. The lowest BCUT2D eigenvalue weighted by atomic mass is 9.79. The van der Waals surface area contributed by atoms with Crippen molar-refractivity contribution in [2.45, 2.75) is 56.6 Å². The third-order valence-corrected chi connectivity index (χ3v) is 6.71. The van der Waals surface area contributed by atoms with Crippen LogP contribution in [0.3, 0.4) is 0 Å². The van der Waals surface area contributed by atoms with Crippen LogP contribution in [-0.4, -0.2) is 47.6 Å². The summed E-state index contributed by atoms with van der Waals surface area (Å²) in [6.07, 6.45) is 7.10. The van der Waals surface area contributed by atoms with Gasteiger partial charge in [0, 0.05) is 42.0 Å². The van der Waals surface area contributed by atoms with Gasteiger partial charge in [0.05, 0.1) is 17.8 Å². The van der Waals surface area contributed by atoms with Gasteiger partial charge in [-0.3, -0.25) is 14.8 Å². The van der Waals surface area contributed by atoms with E-state index < -0.39 is 6.23 Å². The number of carbonyl (C=O) groups is 1. The molecule has 1 aliphatic rings. The zero-order valence-electron chi connectivity index (χ0n) is 20.9. The topological polar surface area (TPSA) is 139 Å². The zero-order valence-corrected chi connectivity index (χ0v) is 20.9. The van der Waals surface area contributed by atoms with Crippen LogP contribution in [0.2, 0.25) is 0 Å². The van der Waals surface area contributed by atoms with Crippen molar-refractivity contribution in [2.24, 2.45) is 0 Å². The Balaban J connectivity index is 1.08. The molecule has 1 unspecified atom stereocenters. The normalized spacial score (nSPS) is 17.9. The predicted molar refractivity (Wildman–Crippen MR) is 142 cm³/mol. The molecule has 0 saturated heterocycles. The van der Waals surface area contributed by atoms with E-state index in [-0.39, 0.29) is 12.3 Å². The third-order valence-electron chi connectivity index (χ3n) is 6.71. The Hall–Kier alpha value is -4.31. The van der Waals surface area contributed by atoms with Crippen LogP contribution >= 0.6 is 0 Å². The van der Waals surface area contributed by atoms with Gasteiger partial charge in [0.15, 0.2) is 11.6 Å². The van der Waals surface area contributed by atoms with Crippen LogP contribution in [0.5, 0.6) is 0 Å². The number of nitrogens with one attached hydrogen (secondary N) is 2. The van der Waals surface area contributed by atoms with Gasteiger partial charge in [-0.2, -0.15) is 10.2 Å². The minimum Gasteiger partial charge on any atom is -0.373 e. The Morgan fingerprint density at radius 2 is 1.34 bits per heavy atom. The lowest BCUT2D eigenvalue weighted by Crippen LogP contribution is -2.23. The number of hydrogen-bond donors (Lipinski definition) is 3. The highest BCUT2D eigenvalue weighted by Gasteiger charge is 2.26. The monoisotopic (exact) mass is 510 g/mol. The molecule has 1 aliphatic carbocycles. The molecule has 4 heterocycles. The van der Waals surface area contributed by atoms with Crippen LogP contribution < -0.4 is 10.6 Å². The van der Waals surface area contributed by atoms with E-state index in [1.165, 1.54) is 0 Å². The summed E-state index contributed by atoms with van der Waals surface area (Å²) in [5.41, 5.74) is 3.42. The molecule has 4 aromatic heterocycles. The summed E-state index contributed by atoms with van der Waals surface area (Å²) in [5.74, 6) is 1.47. The zero-order chi connectivity index (χ0) is 26.2. The van der Waals surface area contributed by atoms with Crippen molar-refractivity contribution >= 4 is 17.5 Å². The van der Waals surface area contributed by atoms with E-state index >= 15 is 0 Å². The summed E-state index contributed by atoms with van der Waals surface area (Å²) in [5, 5.41) is 33.3. The van der Waals surface area contributed by atoms with Crippen LogP contribution in [0.25, 0.3) is 0 Å². The molecule has 4 aromatic rings. The van der Waals surface area contributed by atoms with Gasteiger partial charge >= 0.3 is 0 Å². The smallest absolute Gasteiger partial charge is 0.231 e. The molecule has 1 fully saturated rings. The maximum Gasteiger partial charge on any atom is 0.231 e. The second kappa shape index (κ2) is 12.3. The van der Waals surface area contributed by atoms with Gasteiger partial charge in [-0.15, -0.1) is 10.2 Å². The maximum absolute atomic E-state index is 12.2. The van der Waals surface area contributed by atoms with Crippen molar-refractivity contribution in [1.82, 2.24) is 30.4 Å². The highest BCUT2D eigenvalue weighted by molar-refractivity contribution is 5.91. The first kappa shape index (κ1) is 25.3. The molecule has 10 heteroatoms. The van der Waals surface area contributed by atoms with Crippen LogP contribution in [0.4, 0.5) is 11.6 Å². The van der Waals surface area contributed by atoms with Gasteiger partial charge < -0.3 is 15.7 Å². The van der Waals surface area contributed by atoms with Gasteiger partial charge in [0.25, 0.3) is 0 Å². The van der Waals surface area contributed by atoms with E-state index in [1.54, 1.807) is 12.4 Å². The highest BCUT2D eigenvalue weighted by Crippen LogP contribution is 2.39. The number of hydrogen-bond acceptors (Lipinski definition) is 9. The number of rotatable bonds is 9. The van der Waals surface area contributed by atoms with Crippen LogP contribution in [0.15, 0.2) is 73.1 Å². The second-order valence-electron chi connectivity index (χ2n) is 9.47. The fourth-order valence-electron chi connectivity index (χ4n) is 4.74. The standard InChI is InChI=1S/C28H30N8O2/c37-27(17-21-5-1-3-15-29-21)31-25-13-11-23(33-35-25)19-7-9-20(10-8-19)24-12-14-26(36-34-24)32-28(38)18-22-6-2-4-16-30-22/h1-6,11-16,19-20,27,37H,7-10,17-18H2,(H,31,35)(H,32,36,38). The predicted octanol–water partition coefficient (Wildman–Crippen LogP) is 3.65. The lowest BCUT2D eigenvalue weighted by Gasteiger charge is -2.27. The van der Waals surface area contributed by atoms with E-state index in [9.17, 15) is 9.90 Å². The average Bonchev–Trinajstić information content (AvgIpc) is 2.95. The van der Waals surface area contributed by atoms with Crippen molar-refractivity contribution in [3.05, 3.63) is 95.8 Å². The Kier molecular flexibility index (Phi) is 8.19. The fourth-order valence-corrected chi connectivity index (χ4v) is 4.74. The van der Waals surface area contributed by atoms with Crippen molar-refractivity contribution in [3.8, 4) is 0 Å². The minimum absolute atomic E-state index is 0.170. The molecule has 0 aromatic carbocycles. The van der Waals surface area contributed by atoms with Gasteiger partial charge in [0.2, 0.25) is 5.91 Å². The number of aromatic nitrogens is 6. The SMILES string of the molecule is O=C(Cc1ccccn1)Nc1ccc(C2CCC(c3ccc(NC(O)Cc4ccccn4)nn3)CC2)nn1. The molecule has 10 nitrogen and oxygen atoms in total. The summed E-state index contributed by atoms with van der Waals surface area (Å²) in [4.78, 5) is 20.6. The molecule has 1 atom stereocenters. The number of amides is 1. The number of aliphatic hydroxyl groups excluding tert-OH is 1. The first-order valence-corrected chi connectivity index (χ1v) is 12.8. The van der Waals surface area contributed by atoms with E-state index in [0.29, 0.717) is 35.6 Å². The number of aliphatic hydroxyl groups is 1. The molecule has 194 valence electrons. The van der Waals surface area contributed by atoms with E-state index in [2.05, 4.69) is 41.0 Å². The summed E-state index contributed by atoms with van der Waals surface area (Å²) >= 11 is 0. The third kappa shape index (κ3) is 6.92. The number of carbonyl (C=O) groups excluding carboxylic acids is 1. The van der Waals surface area contributed by atoms with Gasteiger partial charge in [-0.25, -0.2) is 0 Å². The summed E-state index contributed by atoms with van der Waals surface area (Å²) < 4.78 is 0. The molecular weight excluding hydrogens is 480 g/mol. The maximum atomic E-state index is 12.2. The summed E-state index contributed by atoms with van der Waals surface area (Å²) in [6, 6.07) is 18.7. The van der Waals surface area contributed by atoms with Gasteiger partial charge in [-0.1, -0.05) is 12.1 Å². The Bertz CT molecular complexity index is 1300. The first-order chi connectivity index (χ1) is 18.6. The van der Waals surface area contributed by atoms with Crippen molar-refractivity contribution in [2.75, 3.05) is 10.6 Å². The Morgan fingerprint density at radius 3 is 1.87 bits per heavy atom. The van der Waals surface area contributed by atoms with Crippen LogP contribution in [0.1, 0.15) is 60.3 Å². The van der Waals surface area contributed by atoms with Gasteiger partial charge in [0.1, 0.15) is 6.23 Å². The quantitative estimate of drug-likeness (QED) is 0.288. The van der Waals surface area contributed by atoms with E-state index in [1.807, 2.05) is 60.7 Å². The molecule has 5 rings (SSSR count). The number of pyridine rings is 2. The molecule has 0 aliphatic heterocycles. The molecule has 0 radical (unpaired) electrons. The van der Waals surface area contributed by atoms with Crippen LogP contribution in [0, 0.1) is 0 Å². The molecule has 0 bridgehead atoms. The number of nitrogens with zero attached hydrogens (tertiary/aromatic N) is 6. The molecule has 1 saturated carbocycles. The van der Waals surface area contributed by atoms with E-state index in [4.69, 9.17) is 0 Å². The Labute approximate surface area is 221 Å².